The van der Waals surface area contributed by atoms with Crippen molar-refractivity contribution in [1.82, 2.24) is 14.8 Å². The molecular formula is C17H14ClFN4O2. The van der Waals surface area contributed by atoms with Gasteiger partial charge in [-0.05, 0) is 43.2 Å². The largest absolute Gasteiger partial charge is 0.419 e. The number of nitrogens with one attached hydrogen (secondary N) is 1. The third kappa shape index (κ3) is 3.41. The number of rotatable bonds is 5. The van der Waals surface area contributed by atoms with Crippen LogP contribution in [0.25, 0.3) is 11.6 Å². The van der Waals surface area contributed by atoms with Gasteiger partial charge in [0.25, 0.3) is 5.89 Å². The monoisotopic (exact) mass is 360 g/mol. The summed E-state index contributed by atoms with van der Waals surface area (Å²) < 4.78 is 20.6. The highest BCUT2D eigenvalue weighted by Crippen LogP contribution is 2.39. The highest BCUT2D eigenvalue weighted by atomic mass is 35.5. The van der Waals surface area contributed by atoms with E-state index in [9.17, 15) is 9.18 Å². The Balaban J connectivity index is 1.48. The van der Waals surface area contributed by atoms with Crippen molar-refractivity contribution in [2.45, 2.75) is 25.3 Å². The minimum absolute atomic E-state index is 0.0436. The maximum atomic E-state index is 13.2. The molecule has 0 radical (unpaired) electrons. The Labute approximate surface area is 147 Å². The van der Waals surface area contributed by atoms with Gasteiger partial charge in [-0.1, -0.05) is 11.6 Å². The van der Waals surface area contributed by atoms with Gasteiger partial charge in [-0.3, -0.25) is 4.79 Å². The SMILES string of the molecule is O=C(Cn1cccc1-c1nnc(C2CC2)o1)Nc1ccc(F)c(Cl)c1. The predicted molar refractivity (Wildman–Crippen MR) is 89.7 cm³/mol. The molecule has 1 saturated carbocycles. The second kappa shape index (κ2) is 6.33. The first kappa shape index (κ1) is 15.8. The van der Waals surface area contributed by atoms with E-state index in [-0.39, 0.29) is 17.5 Å². The van der Waals surface area contributed by atoms with Crippen LogP contribution in [0.2, 0.25) is 5.02 Å². The van der Waals surface area contributed by atoms with Crippen LogP contribution in [0.3, 0.4) is 0 Å². The van der Waals surface area contributed by atoms with Crippen LogP contribution >= 0.6 is 11.6 Å². The second-order valence-corrected chi connectivity index (χ2v) is 6.33. The molecule has 6 nitrogen and oxygen atoms in total. The minimum atomic E-state index is -0.532. The molecule has 25 heavy (non-hydrogen) atoms. The van der Waals surface area contributed by atoms with Gasteiger partial charge in [0.1, 0.15) is 18.1 Å². The van der Waals surface area contributed by atoms with E-state index in [4.69, 9.17) is 16.0 Å². The zero-order valence-electron chi connectivity index (χ0n) is 13.1. The average Bonchev–Trinajstić information content (AvgIpc) is 3.13. The summed E-state index contributed by atoms with van der Waals surface area (Å²) in [5.74, 6) is 0.603. The number of carbonyl (C=O) groups excluding carboxylic acids is 1. The van der Waals surface area contributed by atoms with E-state index in [1.165, 1.54) is 18.2 Å². The first-order chi connectivity index (χ1) is 12.1. The molecule has 0 aliphatic heterocycles. The van der Waals surface area contributed by atoms with Gasteiger partial charge < -0.3 is 14.3 Å². The van der Waals surface area contributed by atoms with Crippen LogP contribution in [-0.4, -0.2) is 20.7 Å². The van der Waals surface area contributed by atoms with Gasteiger partial charge in [-0.15, -0.1) is 10.2 Å². The Kier molecular flexibility index (Phi) is 4.01. The second-order valence-electron chi connectivity index (χ2n) is 5.92. The number of hydrogen-bond acceptors (Lipinski definition) is 4. The summed E-state index contributed by atoms with van der Waals surface area (Å²) in [6.45, 7) is 0.0540. The number of carbonyl (C=O) groups is 1. The molecule has 3 aromatic rings. The summed E-state index contributed by atoms with van der Waals surface area (Å²) in [5.41, 5.74) is 1.10. The van der Waals surface area contributed by atoms with E-state index in [1.54, 1.807) is 16.8 Å². The molecule has 1 aliphatic carbocycles. The molecule has 1 amide bonds. The fourth-order valence-corrected chi connectivity index (χ4v) is 2.69. The molecule has 1 N–H and O–H groups in total. The number of halogens is 2. The average molecular weight is 361 g/mol. The van der Waals surface area contributed by atoms with Gasteiger partial charge >= 0.3 is 0 Å². The van der Waals surface area contributed by atoms with Crippen LogP contribution in [0.15, 0.2) is 40.9 Å². The van der Waals surface area contributed by atoms with E-state index >= 15 is 0 Å². The third-order valence-corrected chi connectivity index (χ3v) is 4.22. The Morgan fingerprint density at radius 3 is 2.96 bits per heavy atom. The van der Waals surface area contributed by atoms with Crippen molar-refractivity contribution >= 4 is 23.2 Å². The van der Waals surface area contributed by atoms with Crippen molar-refractivity contribution in [1.29, 1.82) is 0 Å². The van der Waals surface area contributed by atoms with Crippen molar-refractivity contribution in [2.24, 2.45) is 0 Å². The molecule has 1 fully saturated rings. The maximum absolute atomic E-state index is 13.2. The highest BCUT2D eigenvalue weighted by molar-refractivity contribution is 6.31. The molecule has 2 aromatic heterocycles. The zero-order valence-corrected chi connectivity index (χ0v) is 13.8. The first-order valence-electron chi connectivity index (χ1n) is 7.84. The lowest BCUT2D eigenvalue weighted by atomic mass is 10.3. The van der Waals surface area contributed by atoms with Gasteiger partial charge in [0, 0.05) is 17.8 Å². The highest BCUT2D eigenvalue weighted by Gasteiger charge is 2.30. The van der Waals surface area contributed by atoms with Crippen LogP contribution in [0.1, 0.15) is 24.7 Å². The Morgan fingerprint density at radius 1 is 1.36 bits per heavy atom. The van der Waals surface area contributed by atoms with E-state index in [2.05, 4.69) is 15.5 Å². The number of hydrogen-bond donors (Lipinski definition) is 1. The zero-order chi connectivity index (χ0) is 17.4. The molecule has 0 atom stereocenters. The number of benzene rings is 1. The van der Waals surface area contributed by atoms with Crippen molar-refractivity contribution in [3.63, 3.8) is 0 Å². The standard InChI is InChI=1S/C17H14ClFN4O2/c18-12-8-11(5-6-13(12)19)20-15(24)9-23-7-1-2-14(23)17-22-21-16(25-17)10-3-4-10/h1-2,5-8,10H,3-4,9H2,(H,20,24). The van der Waals surface area contributed by atoms with Crippen LogP contribution in [-0.2, 0) is 11.3 Å². The molecule has 8 heteroatoms. The van der Waals surface area contributed by atoms with Crippen LogP contribution < -0.4 is 5.32 Å². The van der Waals surface area contributed by atoms with E-state index in [1.807, 2.05) is 6.07 Å². The van der Waals surface area contributed by atoms with Gasteiger partial charge in [0.05, 0.1) is 5.02 Å². The van der Waals surface area contributed by atoms with Crippen molar-refractivity contribution in [3.05, 3.63) is 53.3 Å². The molecule has 1 aromatic carbocycles. The van der Waals surface area contributed by atoms with Crippen molar-refractivity contribution in [2.75, 3.05) is 5.32 Å². The van der Waals surface area contributed by atoms with Gasteiger partial charge in [-0.25, -0.2) is 4.39 Å². The summed E-state index contributed by atoms with van der Waals surface area (Å²) in [5, 5.41) is 10.8. The maximum Gasteiger partial charge on any atom is 0.264 e. The summed E-state index contributed by atoms with van der Waals surface area (Å²) >= 11 is 5.72. The lowest BCUT2D eigenvalue weighted by Gasteiger charge is -2.08. The number of aromatic nitrogens is 3. The lowest BCUT2D eigenvalue weighted by molar-refractivity contribution is -0.116. The molecular weight excluding hydrogens is 347 g/mol. The van der Waals surface area contributed by atoms with Crippen molar-refractivity contribution < 1.29 is 13.6 Å². The minimum Gasteiger partial charge on any atom is -0.419 e. The van der Waals surface area contributed by atoms with E-state index < -0.39 is 5.82 Å². The van der Waals surface area contributed by atoms with E-state index in [0.717, 1.165) is 12.8 Å². The predicted octanol–water partition coefficient (Wildman–Crippen LogP) is 3.85. The Hall–Kier alpha value is -2.67. The smallest absolute Gasteiger partial charge is 0.264 e. The Bertz CT molecular complexity index is 932. The lowest BCUT2D eigenvalue weighted by Crippen LogP contribution is -2.18. The summed E-state index contributed by atoms with van der Waals surface area (Å²) in [6.07, 6.45) is 3.91. The molecule has 0 unspecified atom stereocenters. The van der Waals surface area contributed by atoms with Gasteiger partial charge in [-0.2, -0.15) is 0 Å². The third-order valence-electron chi connectivity index (χ3n) is 3.93. The van der Waals surface area contributed by atoms with Gasteiger partial charge in [0.15, 0.2) is 0 Å². The molecule has 2 heterocycles. The quantitative estimate of drug-likeness (QED) is 0.750. The summed E-state index contributed by atoms with van der Waals surface area (Å²) in [6, 6.07) is 7.64. The van der Waals surface area contributed by atoms with E-state index in [0.29, 0.717) is 29.1 Å². The van der Waals surface area contributed by atoms with Crippen LogP contribution in [0, 0.1) is 5.82 Å². The summed E-state index contributed by atoms with van der Waals surface area (Å²) in [4.78, 5) is 12.2. The molecule has 0 saturated heterocycles. The molecule has 4 rings (SSSR count). The number of nitrogens with zero attached hydrogens (tertiary/aromatic N) is 3. The number of anilines is 1. The fourth-order valence-electron chi connectivity index (χ4n) is 2.51. The van der Waals surface area contributed by atoms with Crippen LogP contribution in [0.5, 0.6) is 0 Å². The molecule has 128 valence electrons. The van der Waals surface area contributed by atoms with Crippen LogP contribution in [0.4, 0.5) is 10.1 Å². The Morgan fingerprint density at radius 2 is 2.20 bits per heavy atom. The summed E-state index contributed by atoms with van der Waals surface area (Å²) in [7, 11) is 0. The molecule has 0 spiro atoms. The van der Waals surface area contributed by atoms with Crippen molar-refractivity contribution in [3.8, 4) is 11.6 Å². The normalized spacial score (nSPS) is 13.8. The molecule has 1 aliphatic rings. The van der Waals surface area contributed by atoms with Gasteiger partial charge in [0.2, 0.25) is 11.8 Å². The topological polar surface area (TPSA) is 73.0 Å². The first-order valence-corrected chi connectivity index (χ1v) is 8.22. The fraction of sp³-hybridized carbons (Fsp3) is 0.235. The number of amides is 1. The molecule has 0 bridgehead atoms.